The summed E-state index contributed by atoms with van der Waals surface area (Å²) in [6.07, 6.45) is 0.853. The minimum atomic E-state index is -0.229. The number of amides is 3. The number of piperazine rings is 1. The summed E-state index contributed by atoms with van der Waals surface area (Å²) in [4.78, 5) is 28.4. The zero-order valence-corrected chi connectivity index (χ0v) is 17.5. The monoisotopic (exact) mass is 407 g/mol. The van der Waals surface area contributed by atoms with E-state index in [0.717, 1.165) is 17.5 Å². The summed E-state index contributed by atoms with van der Waals surface area (Å²) in [5.41, 5.74) is 4.62. The van der Waals surface area contributed by atoms with E-state index >= 15 is 0 Å². The Morgan fingerprint density at radius 1 is 1.17 bits per heavy atom. The molecule has 0 aromatic heterocycles. The van der Waals surface area contributed by atoms with Crippen LogP contribution in [0.4, 0.5) is 4.79 Å². The molecule has 2 N–H and O–H groups in total. The molecular formula is C24H29N3O3. The van der Waals surface area contributed by atoms with Crippen molar-refractivity contribution in [3.8, 4) is 11.1 Å². The highest BCUT2D eigenvalue weighted by molar-refractivity contribution is 5.87. The first kappa shape index (κ1) is 20.4. The third kappa shape index (κ3) is 3.67. The van der Waals surface area contributed by atoms with E-state index in [-0.39, 0.29) is 43.1 Å². The molecule has 2 aromatic carbocycles. The third-order valence-corrected chi connectivity index (χ3v) is 6.21. The van der Waals surface area contributed by atoms with Gasteiger partial charge in [-0.25, -0.2) is 4.79 Å². The van der Waals surface area contributed by atoms with Crippen molar-refractivity contribution >= 4 is 11.9 Å². The lowest BCUT2D eigenvalue weighted by Crippen LogP contribution is -2.73. The first-order valence-electron chi connectivity index (χ1n) is 10.6. The number of carbonyl (C=O) groups excluding carboxylic acids is 2. The molecule has 2 aliphatic rings. The molecule has 0 unspecified atom stereocenters. The molecule has 30 heavy (non-hydrogen) atoms. The van der Waals surface area contributed by atoms with E-state index < -0.39 is 0 Å². The minimum Gasteiger partial charge on any atom is -0.394 e. The quantitative estimate of drug-likeness (QED) is 0.801. The van der Waals surface area contributed by atoms with Crippen LogP contribution in [-0.4, -0.2) is 65.2 Å². The van der Waals surface area contributed by atoms with Crippen LogP contribution in [0, 0.1) is 6.92 Å². The highest BCUT2D eigenvalue weighted by Gasteiger charge is 2.54. The summed E-state index contributed by atoms with van der Waals surface area (Å²) in [7, 11) is 0. The maximum Gasteiger partial charge on any atom is 0.317 e. The maximum absolute atomic E-state index is 12.7. The number of nitrogens with one attached hydrogen (secondary N) is 1. The Hall–Kier alpha value is -2.86. The van der Waals surface area contributed by atoms with E-state index in [1.54, 1.807) is 9.80 Å². The van der Waals surface area contributed by atoms with Crippen LogP contribution in [-0.2, 0) is 4.79 Å². The average molecular weight is 408 g/mol. The average Bonchev–Trinajstić information content (AvgIpc) is 2.73. The summed E-state index contributed by atoms with van der Waals surface area (Å²) in [6.45, 7) is 5.16. The van der Waals surface area contributed by atoms with E-state index in [4.69, 9.17) is 0 Å². The van der Waals surface area contributed by atoms with Crippen LogP contribution in [0.5, 0.6) is 0 Å². The van der Waals surface area contributed by atoms with Gasteiger partial charge < -0.3 is 20.2 Å². The molecule has 0 radical (unpaired) electrons. The summed E-state index contributed by atoms with van der Waals surface area (Å²) in [5.74, 6) is -0.0723. The fourth-order valence-corrected chi connectivity index (χ4v) is 4.72. The molecule has 0 aliphatic carbocycles. The van der Waals surface area contributed by atoms with Gasteiger partial charge in [0.25, 0.3) is 0 Å². The number of benzene rings is 2. The Bertz CT molecular complexity index is 928. The summed E-state index contributed by atoms with van der Waals surface area (Å²) < 4.78 is 0. The molecule has 2 fully saturated rings. The van der Waals surface area contributed by atoms with Crippen LogP contribution in [0.15, 0.2) is 48.5 Å². The summed E-state index contributed by atoms with van der Waals surface area (Å²) in [5, 5.41) is 12.8. The molecule has 3 amide bonds. The Morgan fingerprint density at radius 2 is 1.93 bits per heavy atom. The van der Waals surface area contributed by atoms with Crippen molar-refractivity contribution in [1.82, 2.24) is 15.1 Å². The van der Waals surface area contributed by atoms with E-state index in [2.05, 4.69) is 60.8 Å². The summed E-state index contributed by atoms with van der Waals surface area (Å²) in [6, 6.07) is 16.2. The number of aliphatic hydroxyl groups excluding tert-OH is 1. The van der Waals surface area contributed by atoms with Crippen LogP contribution in [0.1, 0.15) is 30.4 Å². The number of nitrogens with zero attached hydrogens (tertiary/aromatic N) is 2. The first-order chi connectivity index (χ1) is 14.5. The lowest BCUT2D eigenvalue weighted by Gasteiger charge is -2.58. The molecular weight excluding hydrogens is 378 g/mol. The largest absolute Gasteiger partial charge is 0.394 e. The van der Waals surface area contributed by atoms with Gasteiger partial charge >= 0.3 is 6.03 Å². The number of rotatable bonds is 5. The normalized spacial score (nSPS) is 23.0. The standard InChI is InChI=1S/C24H29N3O3/c1-3-11-25-24(30)26-13-20-23(21(15-28)27(20)22(29)14-26)18-9-7-17(8-10-18)19-6-4-5-16(2)12-19/h4-10,12,20-21,23,28H,3,11,13-15H2,1-2H3,(H,25,30)/t20-,21+,23+/m0/s1. The number of hydrogen-bond acceptors (Lipinski definition) is 3. The van der Waals surface area contributed by atoms with Gasteiger partial charge in [-0.2, -0.15) is 0 Å². The molecule has 0 saturated carbocycles. The Balaban J connectivity index is 1.54. The summed E-state index contributed by atoms with van der Waals surface area (Å²) >= 11 is 0. The van der Waals surface area contributed by atoms with E-state index in [1.807, 2.05) is 6.92 Å². The van der Waals surface area contributed by atoms with Crippen molar-refractivity contribution in [2.45, 2.75) is 38.3 Å². The molecule has 0 spiro atoms. The predicted molar refractivity (Wildman–Crippen MR) is 116 cm³/mol. The molecule has 2 aliphatic heterocycles. The number of urea groups is 1. The van der Waals surface area contributed by atoms with Crippen molar-refractivity contribution in [2.75, 3.05) is 26.2 Å². The van der Waals surface area contributed by atoms with Gasteiger partial charge in [-0.05, 0) is 30.0 Å². The maximum atomic E-state index is 12.7. The topological polar surface area (TPSA) is 72.9 Å². The molecule has 2 saturated heterocycles. The second kappa shape index (κ2) is 8.48. The number of carbonyl (C=O) groups is 2. The third-order valence-electron chi connectivity index (χ3n) is 6.21. The zero-order valence-electron chi connectivity index (χ0n) is 17.5. The molecule has 3 atom stereocenters. The lowest BCUT2D eigenvalue weighted by molar-refractivity contribution is -0.159. The van der Waals surface area contributed by atoms with Crippen molar-refractivity contribution in [2.24, 2.45) is 0 Å². The van der Waals surface area contributed by atoms with Crippen molar-refractivity contribution in [3.05, 3.63) is 59.7 Å². The van der Waals surface area contributed by atoms with Crippen molar-refractivity contribution in [3.63, 3.8) is 0 Å². The van der Waals surface area contributed by atoms with Gasteiger partial charge in [0.15, 0.2) is 0 Å². The highest BCUT2D eigenvalue weighted by Crippen LogP contribution is 2.43. The predicted octanol–water partition coefficient (Wildman–Crippen LogP) is 2.75. The van der Waals surface area contributed by atoms with Gasteiger partial charge in [-0.15, -0.1) is 0 Å². The van der Waals surface area contributed by atoms with Crippen LogP contribution in [0.3, 0.4) is 0 Å². The number of aryl methyl sites for hydroxylation is 1. The second-order valence-electron chi connectivity index (χ2n) is 8.25. The zero-order chi connectivity index (χ0) is 21.3. The van der Waals surface area contributed by atoms with Crippen LogP contribution in [0.2, 0.25) is 0 Å². The fourth-order valence-electron chi connectivity index (χ4n) is 4.72. The van der Waals surface area contributed by atoms with Gasteiger partial charge in [0, 0.05) is 19.0 Å². The van der Waals surface area contributed by atoms with Gasteiger partial charge in [0.1, 0.15) is 6.54 Å². The first-order valence-corrected chi connectivity index (χ1v) is 10.6. The van der Waals surface area contributed by atoms with Crippen LogP contribution < -0.4 is 5.32 Å². The highest BCUT2D eigenvalue weighted by atomic mass is 16.3. The molecule has 2 aromatic rings. The molecule has 158 valence electrons. The smallest absolute Gasteiger partial charge is 0.317 e. The fraction of sp³-hybridized carbons (Fsp3) is 0.417. The van der Waals surface area contributed by atoms with Gasteiger partial charge in [0.2, 0.25) is 5.91 Å². The van der Waals surface area contributed by atoms with Gasteiger partial charge in [-0.3, -0.25) is 4.79 Å². The molecule has 6 nitrogen and oxygen atoms in total. The Morgan fingerprint density at radius 3 is 2.60 bits per heavy atom. The van der Waals surface area contributed by atoms with Crippen LogP contribution >= 0.6 is 0 Å². The Labute approximate surface area is 177 Å². The van der Waals surface area contributed by atoms with Gasteiger partial charge in [-0.1, -0.05) is 61.0 Å². The molecule has 0 bridgehead atoms. The van der Waals surface area contributed by atoms with E-state index in [1.165, 1.54) is 11.1 Å². The van der Waals surface area contributed by atoms with Crippen molar-refractivity contribution < 1.29 is 14.7 Å². The number of hydrogen-bond donors (Lipinski definition) is 2. The van der Waals surface area contributed by atoms with Gasteiger partial charge in [0.05, 0.1) is 18.7 Å². The van der Waals surface area contributed by atoms with E-state index in [9.17, 15) is 14.7 Å². The van der Waals surface area contributed by atoms with Crippen molar-refractivity contribution in [1.29, 1.82) is 0 Å². The lowest BCUT2D eigenvalue weighted by atomic mass is 9.73. The SMILES string of the molecule is CCCNC(=O)N1CC(=O)N2[C@H](CO)[C@H](c3ccc(-c4cccc(C)c4)cc3)[C@@H]2C1. The second-order valence-corrected chi connectivity index (χ2v) is 8.25. The number of fused-ring (bicyclic) bond motifs is 1. The van der Waals surface area contributed by atoms with E-state index in [0.29, 0.717) is 13.1 Å². The Kier molecular flexibility index (Phi) is 5.77. The molecule has 4 rings (SSSR count). The minimum absolute atomic E-state index is 0.0206. The van der Waals surface area contributed by atoms with Crippen LogP contribution in [0.25, 0.3) is 11.1 Å². The number of aliphatic hydroxyl groups is 1. The molecule has 6 heteroatoms. The molecule has 2 heterocycles.